The molecule has 0 atom stereocenters. The molecule has 0 amide bonds. The minimum atomic E-state index is -4.06. The maximum atomic E-state index is 13.2. The smallest absolute Gasteiger partial charge is 0.263 e. The zero-order valence-corrected chi connectivity index (χ0v) is 13.1. The third-order valence-corrected chi connectivity index (χ3v) is 4.76. The summed E-state index contributed by atoms with van der Waals surface area (Å²) < 4.78 is 44.9. The van der Waals surface area contributed by atoms with Gasteiger partial charge < -0.3 is 4.74 Å². The molecule has 0 aliphatic carbocycles. The molecule has 0 radical (unpaired) electrons. The summed E-state index contributed by atoms with van der Waals surface area (Å²) in [7, 11) is -2.60. The minimum Gasteiger partial charge on any atom is -0.497 e. The van der Waals surface area contributed by atoms with Gasteiger partial charge in [0.1, 0.15) is 16.5 Å². The summed E-state index contributed by atoms with van der Waals surface area (Å²) in [5, 5.41) is 0.0546. The third-order valence-electron chi connectivity index (χ3n) is 2.60. The number of rotatable bonds is 4. The molecule has 21 heavy (non-hydrogen) atoms. The third kappa shape index (κ3) is 3.58. The molecule has 2 rings (SSSR count). The second-order valence-electron chi connectivity index (χ2n) is 4.03. The molecule has 4 nitrogen and oxygen atoms in total. The van der Waals surface area contributed by atoms with Gasteiger partial charge >= 0.3 is 0 Å². The van der Waals surface area contributed by atoms with Crippen LogP contribution in [0.1, 0.15) is 0 Å². The van der Waals surface area contributed by atoms with Crippen LogP contribution in [0.3, 0.4) is 0 Å². The second kappa shape index (κ2) is 6.09. The Morgan fingerprint density at radius 1 is 1.10 bits per heavy atom. The highest BCUT2D eigenvalue weighted by Gasteiger charge is 2.20. The SMILES string of the molecule is COc1ccc(NS(=O)(=O)c2cc(F)ccc2Cl)c(Cl)c1. The Kier molecular flexibility index (Phi) is 4.61. The van der Waals surface area contributed by atoms with Gasteiger partial charge in [0.25, 0.3) is 10.0 Å². The molecule has 0 aliphatic rings. The second-order valence-corrected chi connectivity index (χ2v) is 6.49. The first-order chi connectivity index (χ1) is 9.83. The summed E-state index contributed by atoms with van der Waals surface area (Å²) in [5.41, 5.74) is 0.137. The predicted molar refractivity (Wildman–Crippen MR) is 80.2 cm³/mol. The average molecular weight is 350 g/mol. The molecule has 1 N–H and O–H groups in total. The van der Waals surface area contributed by atoms with E-state index in [-0.39, 0.29) is 20.6 Å². The Bertz CT molecular complexity index is 781. The Hall–Kier alpha value is -1.50. The Morgan fingerprint density at radius 3 is 2.43 bits per heavy atom. The van der Waals surface area contributed by atoms with E-state index < -0.39 is 15.8 Å². The molecule has 0 saturated heterocycles. The number of hydrogen-bond donors (Lipinski definition) is 1. The summed E-state index contributed by atoms with van der Waals surface area (Å²) in [5.74, 6) is -0.229. The van der Waals surface area contributed by atoms with Crippen LogP contribution in [-0.2, 0) is 10.0 Å². The fourth-order valence-electron chi connectivity index (χ4n) is 1.59. The van der Waals surface area contributed by atoms with Gasteiger partial charge in [0.15, 0.2) is 0 Å². The topological polar surface area (TPSA) is 55.4 Å². The Balaban J connectivity index is 2.40. The van der Waals surface area contributed by atoms with Gasteiger partial charge in [0.05, 0.1) is 22.8 Å². The minimum absolute atomic E-state index is 0.0893. The lowest BCUT2D eigenvalue weighted by molar-refractivity contribution is 0.415. The lowest BCUT2D eigenvalue weighted by Crippen LogP contribution is -2.14. The Morgan fingerprint density at radius 2 is 1.81 bits per heavy atom. The number of methoxy groups -OCH3 is 1. The summed E-state index contributed by atoms with van der Waals surface area (Å²) in [4.78, 5) is -0.365. The van der Waals surface area contributed by atoms with Crippen molar-refractivity contribution in [3.8, 4) is 5.75 Å². The maximum Gasteiger partial charge on any atom is 0.263 e. The largest absolute Gasteiger partial charge is 0.497 e. The van der Waals surface area contributed by atoms with Gasteiger partial charge in [-0.25, -0.2) is 12.8 Å². The van der Waals surface area contributed by atoms with E-state index in [9.17, 15) is 12.8 Å². The summed E-state index contributed by atoms with van der Waals surface area (Å²) in [6.07, 6.45) is 0. The van der Waals surface area contributed by atoms with E-state index in [1.807, 2.05) is 0 Å². The van der Waals surface area contributed by atoms with E-state index in [0.717, 1.165) is 12.1 Å². The van der Waals surface area contributed by atoms with Crippen molar-refractivity contribution in [3.05, 3.63) is 52.3 Å². The zero-order valence-electron chi connectivity index (χ0n) is 10.7. The van der Waals surface area contributed by atoms with Gasteiger partial charge in [-0.15, -0.1) is 0 Å². The van der Waals surface area contributed by atoms with Gasteiger partial charge in [0, 0.05) is 6.07 Å². The monoisotopic (exact) mass is 349 g/mol. The summed E-state index contributed by atoms with van der Waals surface area (Å²) >= 11 is 11.8. The molecular weight excluding hydrogens is 340 g/mol. The molecule has 0 saturated carbocycles. The van der Waals surface area contributed by atoms with E-state index in [2.05, 4.69) is 4.72 Å². The zero-order chi connectivity index (χ0) is 15.6. The van der Waals surface area contributed by atoms with Crippen LogP contribution >= 0.6 is 23.2 Å². The van der Waals surface area contributed by atoms with Crippen molar-refractivity contribution in [2.45, 2.75) is 4.90 Å². The predicted octanol–water partition coefficient (Wildman–Crippen LogP) is 3.94. The van der Waals surface area contributed by atoms with Gasteiger partial charge in [0.2, 0.25) is 0 Å². The van der Waals surface area contributed by atoms with Crippen LogP contribution in [0.4, 0.5) is 10.1 Å². The Labute approximate surface area is 131 Å². The highest BCUT2D eigenvalue weighted by molar-refractivity contribution is 7.92. The fourth-order valence-corrected chi connectivity index (χ4v) is 3.45. The number of sulfonamides is 1. The normalized spacial score (nSPS) is 11.2. The number of nitrogens with one attached hydrogen (secondary N) is 1. The van der Waals surface area contributed by atoms with Crippen molar-refractivity contribution >= 4 is 38.9 Å². The van der Waals surface area contributed by atoms with Gasteiger partial charge in [-0.3, -0.25) is 4.72 Å². The number of halogens is 3. The lowest BCUT2D eigenvalue weighted by atomic mass is 10.3. The van der Waals surface area contributed by atoms with Crippen molar-refractivity contribution in [1.82, 2.24) is 0 Å². The number of anilines is 1. The van der Waals surface area contributed by atoms with E-state index in [1.165, 1.54) is 31.4 Å². The first kappa shape index (κ1) is 15.9. The first-order valence-electron chi connectivity index (χ1n) is 5.65. The fraction of sp³-hybridized carbons (Fsp3) is 0.0769. The van der Waals surface area contributed by atoms with Crippen LogP contribution in [-0.4, -0.2) is 15.5 Å². The molecule has 8 heteroatoms. The van der Waals surface area contributed by atoms with Crippen LogP contribution in [0.25, 0.3) is 0 Å². The van der Waals surface area contributed by atoms with Gasteiger partial charge in [-0.05, 0) is 30.3 Å². The van der Waals surface area contributed by atoms with Crippen LogP contribution in [0.2, 0.25) is 10.0 Å². The molecule has 0 aliphatic heterocycles. The molecule has 112 valence electrons. The van der Waals surface area contributed by atoms with Crippen molar-refractivity contribution < 1.29 is 17.5 Å². The standard InChI is InChI=1S/C13H10Cl2FNO3S/c1-20-9-3-5-12(11(15)7-9)17-21(18,19)13-6-8(16)2-4-10(13)14/h2-7,17H,1H3. The molecule has 0 fully saturated rings. The molecule has 0 aromatic heterocycles. The van der Waals surface area contributed by atoms with Crippen LogP contribution in [0.15, 0.2) is 41.3 Å². The van der Waals surface area contributed by atoms with Gasteiger partial charge in [-0.2, -0.15) is 0 Å². The van der Waals surface area contributed by atoms with Crippen LogP contribution < -0.4 is 9.46 Å². The first-order valence-corrected chi connectivity index (χ1v) is 7.89. The molecule has 0 bridgehead atoms. The van der Waals surface area contributed by atoms with E-state index in [0.29, 0.717) is 5.75 Å². The summed E-state index contributed by atoms with van der Waals surface area (Å²) in [6.45, 7) is 0. The van der Waals surface area contributed by atoms with E-state index >= 15 is 0 Å². The molecule has 2 aromatic rings. The van der Waals surface area contributed by atoms with Gasteiger partial charge in [-0.1, -0.05) is 23.2 Å². The van der Waals surface area contributed by atoms with E-state index in [1.54, 1.807) is 0 Å². The lowest BCUT2D eigenvalue weighted by Gasteiger charge is -2.11. The molecular formula is C13H10Cl2FNO3S. The highest BCUT2D eigenvalue weighted by atomic mass is 35.5. The highest BCUT2D eigenvalue weighted by Crippen LogP contribution is 2.30. The number of ether oxygens (including phenoxy) is 1. The van der Waals surface area contributed by atoms with E-state index in [4.69, 9.17) is 27.9 Å². The van der Waals surface area contributed by atoms with Crippen molar-refractivity contribution in [2.24, 2.45) is 0 Å². The molecule has 0 unspecified atom stereocenters. The molecule has 0 heterocycles. The molecule has 0 spiro atoms. The molecule has 2 aromatic carbocycles. The average Bonchev–Trinajstić information content (AvgIpc) is 2.43. The van der Waals surface area contributed by atoms with Crippen molar-refractivity contribution in [1.29, 1.82) is 0 Å². The number of hydrogen-bond acceptors (Lipinski definition) is 3. The van der Waals surface area contributed by atoms with Crippen LogP contribution in [0, 0.1) is 5.82 Å². The van der Waals surface area contributed by atoms with Crippen molar-refractivity contribution in [3.63, 3.8) is 0 Å². The van der Waals surface area contributed by atoms with Crippen molar-refractivity contribution in [2.75, 3.05) is 11.8 Å². The van der Waals surface area contributed by atoms with Crippen LogP contribution in [0.5, 0.6) is 5.75 Å². The summed E-state index contributed by atoms with van der Waals surface area (Å²) in [6, 6.07) is 7.50. The quantitative estimate of drug-likeness (QED) is 0.909. The maximum absolute atomic E-state index is 13.2. The number of benzene rings is 2.